The van der Waals surface area contributed by atoms with Gasteiger partial charge in [0.1, 0.15) is 18.1 Å². The third-order valence-electron chi connectivity index (χ3n) is 3.24. The number of hydrogen-bond acceptors (Lipinski definition) is 2. The molecule has 0 amide bonds. The van der Waals surface area contributed by atoms with Crippen molar-refractivity contribution in [2.75, 3.05) is 6.61 Å². The van der Waals surface area contributed by atoms with Gasteiger partial charge < -0.3 is 9.30 Å². The lowest BCUT2D eigenvalue weighted by atomic mass is 10.2. The van der Waals surface area contributed by atoms with Crippen LogP contribution in [0, 0.1) is 5.82 Å². The van der Waals surface area contributed by atoms with E-state index in [1.165, 1.54) is 6.07 Å². The van der Waals surface area contributed by atoms with Gasteiger partial charge in [-0.2, -0.15) is 0 Å². The zero-order chi connectivity index (χ0) is 14.1. The lowest BCUT2D eigenvalue weighted by Gasteiger charge is -2.11. The molecule has 104 valence electrons. The molecule has 3 rings (SSSR count). The summed E-state index contributed by atoms with van der Waals surface area (Å²) in [6.45, 7) is 2.93. The summed E-state index contributed by atoms with van der Waals surface area (Å²) >= 11 is 6.07. The molecule has 5 heteroatoms. The number of benzene rings is 1. The lowest BCUT2D eigenvalue weighted by Crippen LogP contribution is -2.11. The van der Waals surface area contributed by atoms with Gasteiger partial charge in [0.05, 0.1) is 12.6 Å². The molecule has 1 unspecified atom stereocenters. The molecule has 0 bridgehead atoms. The third kappa shape index (κ3) is 2.43. The first-order chi connectivity index (χ1) is 9.65. The van der Waals surface area contributed by atoms with Gasteiger partial charge in [0.25, 0.3) is 0 Å². The van der Waals surface area contributed by atoms with Crippen LogP contribution < -0.4 is 0 Å². The normalized spacial score (nSPS) is 17.9. The molecule has 0 saturated heterocycles. The smallest absolute Gasteiger partial charge is 0.233 e. The van der Waals surface area contributed by atoms with Gasteiger partial charge in [0.15, 0.2) is 0 Å². The molecule has 0 aliphatic carbocycles. The number of aromatic nitrogens is 1. The van der Waals surface area contributed by atoms with E-state index in [0.29, 0.717) is 29.6 Å². The Morgan fingerprint density at radius 1 is 1.40 bits per heavy atom. The number of halogens is 2. The number of hydrogen-bond donors (Lipinski definition) is 0. The van der Waals surface area contributed by atoms with Crippen LogP contribution in [-0.2, 0) is 11.3 Å². The summed E-state index contributed by atoms with van der Waals surface area (Å²) in [7, 11) is 0. The molecule has 1 aromatic heterocycles. The molecular weight excluding hydrogens is 279 g/mol. The van der Waals surface area contributed by atoms with Gasteiger partial charge in [-0.3, -0.25) is 0 Å². The molecular formula is C15H14ClFN2O. The Morgan fingerprint density at radius 3 is 2.95 bits per heavy atom. The largest absolute Gasteiger partial charge is 0.474 e. The Bertz CT molecular complexity index is 645. The van der Waals surface area contributed by atoms with Crippen molar-refractivity contribution in [3.63, 3.8) is 0 Å². The van der Waals surface area contributed by atoms with Crippen molar-refractivity contribution >= 4 is 17.5 Å². The van der Waals surface area contributed by atoms with E-state index >= 15 is 0 Å². The summed E-state index contributed by atoms with van der Waals surface area (Å²) in [5.41, 5.74) is 1.31. The average Bonchev–Trinajstić information content (AvgIpc) is 3.02. The molecule has 0 fully saturated rings. The summed E-state index contributed by atoms with van der Waals surface area (Å²) in [4.78, 5) is 4.42. The molecule has 1 aromatic carbocycles. The number of rotatable bonds is 3. The Morgan fingerprint density at radius 2 is 2.25 bits per heavy atom. The van der Waals surface area contributed by atoms with E-state index in [9.17, 15) is 4.39 Å². The summed E-state index contributed by atoms with van der Waals surface area (Å²) in [5.74, 6) is 0.301. The van der Waals surface area contributed by atoms with Crippen LogP contribution in [0.15, 0.2) is 41.5 Å². The molecule has 0 N–H and O–H groups in total. The second-order valence-electron chi connectivity index (χ2n) is 4.82. The average molecular weight is 293 g/mol. The highest BCUT2D eigenvalue weighted by Crippen LogP contribution is 2.22. The van der Waals surface area contributed by atoms with E-state index in [1.807, 2.05) is 29.8 Å². The highest BCUT2D eigenvalue weighted by molar-refractivity contribution is 6.31. The van der Waals surface area contributed by atoms with Crippen LogP contribution in [0.1, 0.15) is 18.2 Å². The van der Waals surface area contributed by atoms with Gasteiger partial charge in [-0.15, -0.1) is 0 Å². The molecule has 0 spiro atoms. The van der Waals surface area contributed by atoms with Crippen molar-refractivity contribution in [1.82, 2.24) is 4.57 Å². The van der Waals surface area contributed by atoms with Crippen LogP contribution in [0.25, 0.3) is 0 Å². The van der Waals surface area contributed by atoms with Crippen LogP contribution in [0.3, 0.4) is 0 Å². The quantitative estimate of drug-likeness (QED) is 0.850. The van der Waals surface area contributed by atoms with Crippen LogP contribution in [0.4, 0.5) is 4.39 Å². The van der Waals surface area contributed by atoms with Crippen molar-refractivity contribution < 1.29 is 9.13 Å². The fourth-order valence-corrected chi connectivity index (χ4v) is 2.44. The Hall–Kier alpha value is -1.81. The van der Waals surface area contributed by atoms with E-state index < -0.39 is 0 Å². The summed E-state index contributed by atoms with van der Waals surface area (Å²) in [6, 6.07) is 8.66. The SMILES string of the molecule is CC1COC(c2cccn2Cc2c(F)cccc2Cl)=N1. The molecule has 2 aromatic rings. The van der Waals surface area contributed by atoms with Crippen LogP contribution in [0.5, 0.6) is 0 Å². The maximum atomic E-state index is 13.9. The van der Waals surface area contributed by atoms with Gasteiger partial charge in [-0.05, 0) is 31.2 Å². The first-order valence-electron chi connectivity index (χ1n) is 6.44. The summed E-state index contributed by atoms with van der Waals surface area (Å²) in [6.07, 6.45) is 1.87. The fraction of sp³-hybridized carbons (Fsp3) is 0.267. The van der Waals surface area contributed by atoms with Crippen molar-refractivity contribution in [2.24, 2.45) is 4.99 Å². The van der Waals surface area contributed by atoms with Gasteiger partial charge in [-0.1, -0.05) is 17.7 Å². The fourth-order valence-electron chi connectivity index (χ4n) is 2.21. The van der Waals surface area contributed by atoms with Crippen molar-refractivity contribution in [2.45, 2.75) is 19.5 Å². The summed E-state index contributed by atoms with van der Waals surface area (Å²) in [5, 5.41) is 0.423. The molecule has 3 nitrogen and oxygen atoms in total. The predicted octanol–water partition coefficient (Wildman–Crippen LogP) is 3.49. The zero-order valence-corrected chi connectivity index (χ0v) is 11.8. The van der Waals surface area contributed by atoms with Crippen LogP contribution >= 0.6 is 11.6 Å². The molecule has 2 heterocycles. The molecule has 1 atom stereocenters. The molecule has 1 aliphatic heterocycles. The van der Waals surface area contributed by atoms with E-state index in [2.05, 4.69) is 4.99 Å². The minimum Gasteiger partial charge on any atom is -0.474 e. The number of ether oxygens (including phenoxy) is 1. The second-order valence-corrected chi connectivity index (χ2v) is 5.22. The second kappa shape index (κ2) is 5.29. The molecule has 1 aliphatic rings. The van der Waals surface area contributed by atoms with Gasteiger partial charge in [0, 0.05) is 16.8 Å². The van der Waals surface area contributed by atoms with Gasteiger partial charge >= 0.3 is 0 Å². The minimum atomic E-state index is -0.306. The van der Waals surface area contributed by atoms with Crippen molar-refractivity contribution in [1.29, 1.82) is 0 Å². The highest BCUT2D eigenvalue weighted by Gasteiger charge is 2.19. The first kappa shape index (κ1) is 13.2. The topological polar surface area (TPSA) is 26.5 Å². The number of aliphatic imine (C=N–C) groups is 1. The monoisotopic (exact) mass is 292 g/mol. The van der Waals surface area contributed by atoms with Crippen LogP contribution in [-0.4, -0.2) is 23.1 Å². The van der Waals surface area contributed by atoms with Crippen molar-refractivity contribution in [3.8, 4) is 0 Å². The lowest BCUT2D eigenvalue weighted by molar-refractivity contribution is 0.322. The van der Waals surface area contributed by atoms with Crippen molar-refractivity contribution in [3.05, 3.63) is 58.6 Å². The zero-order valence-electron chi connectivity index (χ0n) is 11.0. The third-order valence-corrected chi connectivity index (χ3v) is 3.59. The summed E-state index contributed by atoms with van der Waals surface area (Å²) < 4.78 is 21.3. The number of nitrogens with zero attached hydrogens (tertiary/aromatic N) is 2. The maximum absolute atomic E-state index is 13.9. The van der Waals surface area contributed by atoms with E-state index in [1.54, 1.807) is 12.1 Å². The van der Waals surface area contributed by atoms with E-state index in [-0.39, 0.29) is 11.9 Å². The minimum absolute atomic E-state index is 0.158. The Kier molecular flexibility index (Phi) is 3.49. The predicted molar refractivity (Wildman–Crippen MR) is 76.9 cm³/mol. The van der Waals surface area contributed by atoms with Crippen LogP contribution in [0.2, 0.25) is 5.02 Å². The van der Waals surface area contributed by atoms with E-state index in [4.69, 9.17) is 16.3 Å². The molecule has 0 radical (unpaired) electrons. The first-order valence-corrected chi connectivity index (χ1v) is 6.82. The standard InChI is InChI=1S/C15H14ClFN2O/c1-10-9-20-15(18-10)14-6-3-7-19(14)8-11-12(16)4-2-5-13(11)17/h2-7,10H,8-9H2,1H3. The molecule has 20 heavy (non-hydrogen) atoms. The van der Waals surface area contributed by atoms with E-state index in [0.717, 1.165) is 5.69 Å². The molecule has 0 saturated carbocycles. The van der Waals surface area contributed by atoms with Gasteiger partial charge in [0.2, 0.25) is 5.90 Å². The maximum Gasteiger partial charge on any atom is 0.233 e. The Balaban J connectivity index is 1.93. The van der Waals surface area contributed by atoms with Gasteiger partial charge in [-0.25, -0.2) is 9.38 Å². The highest BCUT2D eigenvalue weighted by atomic mass is 35.5. The Labute approximate surface area is 121 Å².